The molecule has 0 unspecified atom stereocenters. The summed E-state index contributed by atoms with van der Waals surface area (Å²) in [6.45, 7) is 8.67. The highest BCUT2D eigenvalue weighted by Crippen LogP contribution is 2.28. The number of nitrogens with two attached hydrogens (primary N) is 1. The smallest absolute Gasteiger partial charge is 0.159 e. The molecule has 0 aliphatic heterocycles. The second-order valence-corrected chi connectivity index (χ2v) is 5.62. The molecule has 0 aliphatic carbocycles. The molecule has 0 spiro atoms. The Bertz CT molecular complexity index is 551. The maximum Gasteiger partial charge on any atom is 0.159 e. The summed E-state index contributed by atoms with van der Waals surface area (Å²) in [5.41, 5.74) is 9.85. The summed E-state index contributed by atoms with van der Waals surface area (Å²) in [4.78, 5) is 8.59. The van der Waals surface area contributed by atoms with Gasteiger partial charge in [-0.15, -0.1) is 0 Å². The van der Waals surface area contributed by atoms with Crippen LogP contribution in [0, 0.1) is 6.92 Å². The van der Waals surface area contributed by atoms with Gasteiger partial charge in [0.1, 0.15) is 0 Å². The summed E-state index contributed by atoms with van der Waals surface area (Å²) in [5.74, 6) is 0.729. The van der Waals surface area contributed by atoms with Crippen molar-refractivity contribution in [2.75, 3.05) is 5.73 Å². The molecule has 18 heavy (non-hydrogen) atoms. The standard InChI is InChI=1S/C15H19N3/c1-10-5-6-11(15(2,3)4)7-13(10)14-17-8-12(16)9-18-14/h5-9H,16H2,1-4H3. The van der Waals surface area contributed by atoms with Crippen LogP contribution in [0.1, 0.15) is 31.9 Å². The summed E-state index contributed by atoms with van der Waals surface area (Å²) >= 11 is 0. The Labute approximate surface area is 108 Å². The van der Waals surface area contributed by atoms with Crippen molar-refractivity contribution in [2.45, 2.75) is 33.1 Å². The fourth-order valence-electron chi connectivity index (χ4n) is 1.81. The third-order valence-electron chi connectivity index (χ3n) is 3.02. The quantitative estimate of drug-likeness (QED) is 0.833. The number of anilines is 1. The van der Waals surface area contributed by atoms with Crippen LogP contribution in [-0.2, 0) is 5.41 Å². The number of aryl methyl sites for hydroxylation is 1. The summed E-state index contributed by atoms with van der Waals surface area (Å²) in [5, 5.41) is 0. The minimum atomic E-state index is 0.121. The van der Waals surface area contributed by atoms with E-state index in [1.807, 2.05) is 0 Å². The second kappa shape index (κ2) is 4.41. The van der Waals surface area contributed by atoms with Crippen molar-refractivity contribution in [3.63, 3.8) is 0 Å². The minimum Gasteiger partial charge on any atom is -0.396 e. The maximum absolute atomic E-state index is 5.62. The monoisotopic (exact) mass is 241 g/mol. The van der Waals surface area contributed by atoms with Crippen molar-refractivity contribution in [3.8, 4) is 11.4 Å². The van der Waals surface area contributed by atoms with Gasteiger partial charge in [0.15, 0.2) is 5.82 Å². The molecule has 0 atom stereocenters. The van der Waals surface area contributed by atoms with Crippen molar-refractivity contribution in [2.24, 2.45) is 0 Å². The summed E-state index contributed by atoms with van der Waals surface area (Å²) in [6.07, 6.45) is 3.29. The van der Waals surface area contributed by atoms with Gasteiger partial charge in [-0.2, -0.15) is 0 Å². The molecule has 0 saturated heterocycles. The lowest BCUT2D eigenvalue weighted by Crippen LogP contribution is -2.11. The topological polar surface area (TPSA) is 51.8 Å². The Balaban J connectivity index is 2.53. The van der Waals surface area contributed by atoms with E-state index in [0.717, 1.165) is 11.4 Å². The van der Waals surface area contributed by atoms with Gasteiger partial charge >= 0.3 is 0 Å². The minimum absolute atomic E-state index is 0.121. The Morgan fingerprint density at radius 2 is 1.67 bits per heavy atom. The Hall–Kier alpha value is -1.90. The molecule has 0 saturated carbocycles. The fourth-order valence-corrected chi connectivity index (χ4v) is 1.81. The average Bonchev–Trinajstić information content (AvgIpc) is 2.29. The molecule has 0 aliphatic rings. The zero-order valence-corrected chi connectivity index (χ0v) is 11.4. The molecule has 0 radical (unpaired) electrons. The molecular weight excluding hydrogens is 222 g/mol. The van der Waals surface area contributed by atoms with Gasteiger partial charge in [0.2, 0.25) is 0 Å². The van der Waals surface area contributed by atoms with E-state index in [1.54, 1.807) is 12.4 Å². The highest BCUT2D eigenvalue weighted by molar-refractivity contribution is 5.62. The number of rotatable bonds is 1. The normalized spacial score (nSPS) is 11.6. The molecule has 3 nitrogen and oxygen atoms in total. The Morgan fingerprint density at radius 3 is 2.22 bits per heavy atom. The average molecular weight is 241 g/mol. The van der Waals surface area contributed by atoms with Gasteiger partial charge in [-0.05, 0) is 29.5 Å². The molecule has 1 aromatic carbocycles. The fraction of sp³-hybridized carbons (Fsp3) is 0.333. The Kier molecular flexibility index (Phi) is 3.07. The lowest BCUT2D eigenvalue weighted by Gasteiger charge is -2.20. The zero-order chi connectivity index (χ0) is 13.3. The van der Waals surface area contributed by atoms with Crippen molar-refractivity contribution in [1.82, 2.24) is 9.97 Å². The van der Waals surface area contributed by atoms with E-state index < -0.39 is 0 Å². The molecule has 94 valence electrons. The highest BCUT2D eigenvalue weighted by Gasteiger charge is 2.16. The van der Waals surface area contributed by atoms with E-state index in [0.29, 0.717) is 5.69 Å². The van der Waals surface area contributed by atoms with Gasteiger partial charge < -0.3 is 5.73 Å². The molecular formula is C15H19N3. The van der Waals surface area contributed by atoms with Crippen molar-refractivity contribution in [1.29, 1.82) is 0 Å². The molecule has 0 bridgehead atoms. The molecule has 2 aromatic rings. The van der Waals surface area contributed by atoms with Gasteiger partial charge in [-0.1, -0.05) is 32.9 Å². The first-order valence-corrected chi connectivity index (χ1v) is 6.07. The lowest BCUT2D eigenvalue weighted by atomic mass is 9.85. The van der Waals surface area contributed by atoms with Crippen LogP contribution in [0.15, 0.2) is 30.6 Å². The van der Waals surface area contributed by atoms with Crippen LogP contribution in [0.25, 0.3) is 11.4 Å². The van der Waals surface area contributed by atoms with E-state index in [9.17, 15) is 0 Å². The molecule has 2 rings (SSSR count). The van der Waals surface area contributed by atoms with Crippen LogP contribution >= 0.6 is 0 Å². The van der Waals surface area contributed by atoms with Crippen molar-refractivity contribution < 1.29 is 0 Å². The molecule has 3 heteroatoms. The molecule has 0 fully saturated rings. The van der Waals surface area contributed by atoms with E-state index in [4.69, 9.17) is 5.73 Å². The van der Waals surface area contributed by atoms with E-state index >= 15 is 0 Å². The first kappa shape index (κ1) is 12.6. The molecule has 1 aromatic heterocycles. The van der Waals surface area contributed by atoms with Gasteiger partial charge in [0.25, 0.3) is 0 Å². The number of hydrogen-bond donors (Lipinski definition) is 1. The van der Waals surface area contributed by atoms with Crippen molar-refractivity contribution >= 4 is 5.69 Å². The van der Waals surface area contributed by atoms with E-state index in [2.05, 4.69) is 55.9 Å². The van der Waals surface area contributed by atoms with Crippen LogP contribution in [0.5, 0.6) is 0 Å². The molecule has 2 N–H and O–H groups in total. The van der Waals surface area contributed by atoms with Crippen molar-refractivity contribution in [3.05, 3.63) is 41.7 Å². The van der Waals surface area contributed by atoms with Crippen LogP contribution in [0.3, 0.4) is 0 Å². The predicted molar refractivity (Wildman–Crippen MR) is 75.3 cm³/mol. The van der Waals surface area contributed by atoms with Gasteiger partial charge in [0, 0.05) is 5.56 Å². The number of hydrogen-bond acceptors (Lipinski definition) is 3. The summed E-state index contributed by atoms with van der Waals surface area (Å²) in [7, 11) is 0. The Morgan fingerprint density at radius 1 is 1.06 bits per heavy atom. The molecule has 0 amide bonds. The second-order valence-electron chi connectivity index (χ2n) is 5.62. The first-order valence-electron chi connectivity index (χ1n) is 6.07. The highest BCUT2D eigenvalue weighted by atomic mass is 14.9. The van der Waals surface area contributed by atoms with Crippen LogP contribution in [-0.4, -0.2) is 9.97 Å². The molecule has 1 heterocycles. The number of benzene rings is 1. The maximum atomic E-state index is 5.62. The third kappa shape index (κ3) is 2.50. The van der Waals surface area contributed by atoms with E-state index in [-0.39, 0.29) is 5.41 Å². The van der Waals surface area contributed by atoms with E-state index in [1.165, 1.54) is 11.1 Å². The SMILES string of the molecule is Cc1ccc(C(C)(C)C)cc1-c1ncc(N)cn1. The van der Waals surface area contributed by atoms with Crippen LogP contribution in [0.2, 0.25) is 0 Å². The van der Waals surface area contributed by atoms with Crippen LogP contribution in [0.4, 0.5) is 5.69 Å². The first-order chi connectivity index (χ1) is 8.38. The van der Waals surface area contributed by atoms with Gasteiger partial charge in [-0.3, -0.25) is 0 Å². The number of aromatic nitrogens is 2. The lowest BCUT2D eigenvalue weighted by molar-refractivity contribution is 0.590. The summed E-state index contributed by atoms with van der Waals surface area (Å²) < 4.78 is 0. The van der Waals surface area contributed by atoms with Crippen LogP contribution < -0.4 is 5.73 Å². The zero-order valence-electron chi connectivity index (χ0n) is 11.4. The van der Waals surface area contributed by atoms with Gasteiger partial charge in [0.05, 0.1) is 18.1 Å². The summed E-state index contributed by atoms with van der Waals surface area (Å²) in [6, 6.07) is 6.45. The predicted octanol–water partition coefficient (Wildman–Crippen LogP) is 3.33. The van der Waals surface area contributed by atoms with Gasteiger partial charge in [-0.25, -0.2) is 9.97 Å². The third-order valence-corrected chi connectivity index (χ3v) is 3.02. The number of nitrogens with zero attached hydrogens (tertiary/aromatic N) is 2. The largest absolute Gasteiger partial charge is 0.396 e. The number of nitrogen functional groups attached to an aromatic ring is 1.